The van der Waals surface area contributed by atoms with Crippen LogP contribution in [0.4, 0.5) is 34.1 Å². The zero-order chi connectivity index (χ0) is 35.1. The van der Waals surface area contributed by atoms with Gasteiger partial charge < -0.3 is 15.3 Å². The number of aryl methyl sites for hydroxylation is 5. The molecule has 7 rings (SSSR count). The summed E-state index contributed by atoms with van der Waals surface area (Å²) in [5.74, 6) is -0.133. The van der Waals surface area contributed by atoms with Gasteiger partial charge in [-0.3, -0.25) is 0 Å². The molecule has 0 saturated carbocycles. The molecule has 0 spiro atoms. The largest absolute Gasteiger partial charge is 0.506 e. The molecule has 0 atom stereocenters. The normalized spacial score (nSPS) is 11.9. The molecule has 3 N–H and O–H groups in total. The van der Waals surface area contributed by atoms with Gasteiger partial charge in [-0.1, -0.05) is 48.0 Å². The van der Waals surface area contributed by atoms with Crippen LogP contribution in [0.3, 0.4) is 0 Å². The second-order valence-corrected chi connectivity index (χ2v) is 12.6. The Kier molecular flexibility index (Phi) is 9.65. The zero-order valence-corrected chi connectivity index (χ0v) is 29.5. The van der Waals surface area contributed by atoms with Crippen LogP contribution in [0.5, 0.6) is 17.2 Å². The molecule has 10 heteroatoms. The second-order valence-electron chi connectivity index (χ2n) is 12.6. The first-order chi connectivity index (χ1) is 24.0. The van der Waals surface area contributed by atoms with Gasteiger partial charge in [-0.2, -0.15) is 15.3 Å². The number of fused-ring (bicyclic) bond motifs is 3. The molecule has 0 unspecified atom stereocenters. The van der Waals surface area contributed by atoms with E-state index >= 15 is 0 Å². The Morgan fingerprint density at radius 1 is 0.412 bits per heavy atom. The first kappa shape index (κ1) is 34.9. The van der Waals surface area contributed by atoms with E-state index in [4.69, 9.17) is 0 Å². The topological polar surface area (TPSA) is 135 Å². The van der Waals surface area contributed by atoms with Gasteiger partial charge in [-0.05, 0) is 127 Å². The van der Waals surface area contributed by atoms with E-state index in [0.29, 0.717) is 33.6 Å². The van der Waals surface area contributed by atoms with Gasteiger partial charge >= 0.3 is 0 Å². The Balaban J connectivity index is 0.00000448. The molecule has 7 aromatic carbocycles. The summed E-state index contributed by atoms with van der Waals surface area (Å²) in [6.45, 7) is 9.79. The number of benzene rings is 7. The maximum Gasteiger partial charge on any atom is 0.151 e. The van der Waals surface area contributed by atoms with Gasteiger partial charge in [0.1, 0.15) is 28.6 Å². The van der Waals surface area contributed by atoms with Crippen LogP contribution in [0.25, 0.3) is 32.3 Å². The molecular weight excluding hydrogens is 688 g/mol. The predicted octanol–water partition coefficient (Wildman–Crippen LogP) is 13.0. The molecule has 0 fully saturated rings. The number of hydrogen-bond acceptors (Lipinski definition) is 9. The maximum absolute atomic E-state index is 11.3. The van der Waals surface area contributed by atoms with Gasteiger partial charge in [0, 0.05) is 33.9 Å². The van der Waals surface area contributed by atoms with E-state index in [0.717, 1.165) is 43.9 Å². The number of phenolic OH excluding ortho intramolecular Hbond substituents is 3. The van der Waals surface area contributed by atoms with Crippen molar-refractivity contribution in [3.63, 3.8) is 0 Å². The number of aromatic hydroxyl groups is 3. The van der Waals surface area contributed by atoms with Crippen LogP contribution in [0.15, 0.2) is 128 Å². The van der Waals surface area contributed by atoms with Crippen molar-refractivity contribution < 1.29 is 32.4 Å². The number of rotatable bonds is 6. The molecular formula is C41H34CuN6O3. The van der Waals surface area contributed by atoms with E-state index < -0.39 is 0 Å². The quantitative estimate of drug-likeness (QED) is 0.116. The van der Waals surface area contributed by atoms with Crippen molar-refractivity contribution in [1.29, 1.82) is 0 Å². The van der Waals surface area contributed by atoms with Crippen LogP contribution in [0.1, 0.15) is 27.8 Å². The monoisotopic (exact) mass is 721 g/mol. The van der Waals surface area contributed by atoms with Crippen LogP contribution >= 0.6 is 0 Å². The molecule has 0 bridgehead atoms. The number of nitrogens with zero attached hydrogens (tertiary/aromatic N) is 6. The van der Waals surface area contributed by atoms with Gasteiger partial charge in [0.2, 0.25) is 0 Å². The van der Waals surface area contributed by atoms with Crippen LogP contribution < -0.4 is 0 Å². The van der Waals surface area contributed by atoms with E-state index in [9.17, 15) is 15.3 Å². The summed E-state index contributed by atoms with van der Waals surface area (Å²) in [4.78, 5) is 0. The first-order valence-electron chi connectivity index (χ1n) is 16.1. The zero-order valence-electron chi connectivity index (χ0n) is 28.6. The summed E-state index contributed by atoms with van der Waals surface area (Å²) in [5.41, 5.74) is 7.29. The Morgan fingerprint density at radius 3 is 1.90 bits per heavy atom. The van der Waals surface area contributed by atoms with E-state index in [2.05, 4.69) is 49.7 Å². The minimum atomic E-state index is -0.126. The standard InChI is InChI=1S/C41H34N6O3.Cu/c1-22-9-13-33-28(15-22)17-26(5)40(49)39(33)47-43-29-11-10-27-16-25(4)38(41(50)35(27)19-29)46-45-36-14-12-30(21-37(36)48)42-44-31-18-24(3)32-8-6-7-23(2)34(32)20-31;/h6-21,48-50H,1-5H3;. The fourth-order valence-corrected chi connectivity index (χ4v) is 6.16. The Morgan fingerprint density at radius 2 is 1.10 bits per heavy atom. The van der Waals surface area contributed by atoms with E-state index in [-0.39, 0.29) is 45.7 Å². The van der Waals surface area contributed by atoms with Crippen molar-refractivity contribution in [2.45, 2.75) is 34.6 Å². The Bertz CT molecular complexity index is 2600. The molecule has 0 amide bonds. The summed E-state index contributed by atoms with van der Waals surface area (Å²) in [6.07, 6.45) is 0. The molecule has 0 aliphatic rings. The van der Waals surface area contributed by atoms with Gasteiger partial charge in [0.25, 0.3) is 0 Å². The smallest absolute Gasteiger partial charge is 0.151 e. The van der Waals surface area contributed by atoms with Crippen LogP contribution in [-0.2, 0) is 17.1 Å². The number of phenols is 3. The maximum atomic E-state index is 11.3. The average molecular weight is 722 g/mol. The minimum Gasteiger partial charge on any atom is -0.506 e. The molecule has 0 aromatic heterocycles. The van der Waals surface area contributed by atoms with Crippen molar-refractivity contribution in [2.75, 3.05) is 0 Å². The van der Waals surface area contributed by atoms with E-state index in [1.807, 2.05) is 82.3 Å². The first-order valence-corrected chi connectivity index (χ1v) is 16.1. The third-order valence-corrected chi connectivity index (χ3v) is 8.86. The van der Waals surface area contributed by atoms with Crippen molar-refractivity contribution in [3.05, 3.63) is 125 Å². The minimum absolute atomic E-state index is 0. The average Bonchev–Trinajstić information content (AvgIpc) is 3.09. The van der Waals surface area contributed by atoms with Gasteiger partial charge in [-0.25, -0.2) is 0 Å². The summed E-state index contributed by atoms with van der Waals surface area (Å²) in [6, 6.07) is 30.1. The van der Waals surface area contributed by atoms with Gasteiger partial charge in [-0.15, -0.1) is 15.3 Å². The SMILES string of the molecule is Cc1ccc2c(N=Nc3ccc4cc(C)c(N=Nc5ccc(N=Nc6cc(C)c7cccc(C)c7c6)cc5O)c(O)c4c3)c(O)c(C)cc2c1.[Cu]. The molecule has 0 saturated heterocycles. The molecule has 257 valence electrons. The Hall–Kier alpha value is -5.96. The van der Waals surface area contributed by atoms with Gasteiger partial charge in [0.15, 0.2) is 5.75 Å². The number of azo groups is 3. The van der Waals surface area contributed by atoms with Crippen molar-refractivity contribution in [2.24, 2.45) is 30.7 Å². The van der Waals surface area contributed by atoms with E-state index in [1.54, 1.807) is 24.3 Å². The molecule has 0 aliphatic heterocycles. The van der Waals surface area contributed by atoms with Crippen LogP contribution in [0.2, 0.25) is 0 Å². The molecule has 9 nitrogen and oxygen atoms in total. The van der Waals surface area contributed by atoms with Crippen LogP contribution in [-0.4, -0.2) is 15.3 Å². The molecule has 0 aliphatic carbocycles. The summed E-state index contributed by atoms with van der Waals surface area (Å²) >= 11 is 0. The van der Waals surface area contributed by atoms with Crippen molar-refractivity contribution in [1.82, 2.24) is 0 Å². The van der Waals surface area contributed by atoms with Crippen molar-refractivity contribution >= 4 is 66.4 Å². The molecule has 7 aromatic rings. The fraction of sp³-hybridized carbons (Fsp3) is 0.122. The third kappa shape index (κ3) is 6.92. The third-order valence-electron chi connectivity index (χ3n) is 8.86. The van der Waals surface area contributed by atoms with Crippen LogP contribution in [0, 0.1) is 34.6 Å². The molecule has 0 heterocycles. The fourth-order valence-electron chi connectivity index (χ4n) is 6.16. The summed E-state index contributed by atoms with van der Waals surface area (Å²) in [7, 11) is 0. The molecule has 51 heavy (non-hydrogen) atoms. The number of hydrogen-bond donors (Lipinski definition) is 3. The summed E-state index contributed by atoms with van der Waals surface area (Å²) in [5, 5.41) is 64.3. The van der Waals surface area contributed by atoms with Gasteiger partial charge in [0.05, 0.1) is 17.1 Å². The van der Waals surface area contributed by atoms with Crippen molar-refractivity contribution in [3.8, 4) is 17.2 Å². The van der Waals surface area contributed by atoms with E-state index in [1.165, 1.54) is 11.5 Å². The second kappa shape index (κ2) is 14.1. The molecule has 1 radical (unpaired) electrons. The Labute approximate surface area is 305 Å². The summed E-state index contributed by atoms with van der Waals surface area (Å²) < 4.78 is 0. The predicted molar refractivity (Wildman–Crippen MR) is 199 cm³/mol.